The summed E-state index contributed by atoms with van der Waals surface area (Å²) in [7, 11) is 4.09. The third-order valence-corrected chi connectivity index (χ3v) is 5.24. The second kappa shape index (κ2) is 7.28. The number of carbonyl (C=O) groups excluding carboxylic acids is 1. The van der Waals surface area contributed by atoms with Crippen molar-refractivity contribution >= 4 is 29.0 Å². The van der Waals surface area contributed by atoms with Crippen molar-refractivity contribution in [1.82, 2.24) is 15.5 Å². The topological polar surface area (TPSA) is 44.4 Å². The van der Waals surface area contributed by atoms with Gasteiger partial charge in [-0.15, -0.1) is 11.3 Å². The minimum atomic E-state index is -0.0371. The molecular weight excluding hydrogens is 278 g/mol. The van der Waals surface area contributed by atoms with Gasteiger partial charge in [-0.25, -0.2) is 0 Å². The Kier molecular flexibility index (Phi) is 5.69. The number of thioether (sulfide) groups is 1. The molecule has 1 saturated heterocycles. The fourth-order valence-electron chi connectivity index (χ4n) is 2.07. The van der Waals surface area contributed by atoms with Gasteiger partial charge in [0.2, 0.25) is 5.91 Å². The van der Waals surface area contributed by atoms with Gasteiger partial charge in [0.25, 0.3) is 0 Å². The summed E-state index contributed by atoms with van der Waals surface area (Å²) in [6, 6.07) is 4.39. The molecular formula is C13H21N3OS2. The molecule has 1 aromatic rings. The first kappa shape index (κ1) is 14.8. The van der Waals surface area contributed by atoms with E-state index in [0.29, 0.717) is 6.54 Å². The maximum Gasteiger partial charge on any atom is 0.238 e. The van der Waals surface area contributed by atoms with Crippen molar-refractivity contribution in [3.63, 3.8) is 0 Å². The fourth-order valence-corrected chi connectivity index (χ4v) is 3.93. The largest absolute Gasteiger partial charge is 0.353 e. The van der Waals surface area contributed by atoms with Gasteiger partial charge >= 0.3 is 0 Å². The van der Waals surface area contributed by atoms with Crippen LogP contribution in [0.2, 0.25) is 0 Å². The second-order valence-electron chi connectivity index (χ2n) is 4.82. The van der Waals surface area contributed by atoms with Crippen LogP contribution in [-0.4, -0.2) is 55.5 Å². The lowest BCUT2D eigenvalue weighted by atomic mass is 10.2. The molecule has 1 aliphatic rings. The molecule has 19 heavy (non-hydrogen) atoms. The number of amides is 1. The smallest absolute Gasteiger partial charge is 0.238 e. The number of nitrogens with zero attached hydrogens (tertiary/aromatic N) is 1. The zero-order chi connectivity index (χ0) is 13.7. The molecule has 6 heteroatoms. The average molecular weight is 299 g/mol. The van der Waals surface area contributed by atoms with Crippen molar-refractivity contribution in [3.8, 4) is 0 Å². The second-order valence-corrected chi connectivity index (χ2v) is 6.95. The van der Waals surface area contributed by atoms with Crippen LogP contribution in [0.1, 0.15) is 10.9 Å². The van der Waals surface area contributed by atoms with E-state index >= 15 is 0 Å². The van der Waals surface area contributed by atoms with Crippen LogP contribution in [0.25, 0.3) is 0 Å². The number of likely N-dealkylation sites (N-methyl/N-ethyl adjacent to an activating group) is 1. The highest BCUT2D eigenvalue weighted by atomic mass is 32.2. The first-order chi connectivity index (χ1) is 9.18. The van der Waals surface area contributed by atoms with Crippen LogP contribution < -0.4 is 10.6 Å². The van der Waals surface area contributed by atoms with E-state index in [1.54, 1.807) is 11.3 Å². The van der Waals surface area contributed by atoms with Crippen molar-refractivity contribution in [1.29, 1.82) is 0 Å². The lowest BCUT2D eigenvalue weighted by Gasteiger charge is -2.26. The number of nitrogens with one attached hydrogen (secondary N) is 2. The number of hydrogen-bond acceptors (Lipinski definition) is 5. The summed E-state index contributed by atoms with van der Waals surface area (Å²) < 4.78 is 0. The molecule has 106 valence electrons. The molecule has 4 nitrogen and oxygen atoms in total. The molecule has 2 N–H and O–H groups in total. The maximum absolute atomic E-state index is 12.1. The van der Waals surface area contributed by atoms with Gasteiger partial charge in [-0.05, 0) is 25.5 Å². The zero-order valence-corrected chi connectivity index (χ0v) is 13.0. The Hall–Kier alpha value is -0.560. The van der Waals surface area contributed by atoms with Gasteiger partial charge in [-0.2, -0.15) is 11.8 Å². The SMILES string of the molecule is CN(C)C(CNC(=O)C1CSCCN1)c1cccs1. The first-order valence-corrected chi connectivity index (χ1v) is 8.50. The predicted octanol–water partition coefficient (Wildman–Crippen LogP) is 1.17. The van der Waals surface area contributed by atoms with Crippen LogP contribution in [0.3, 0.4) is 0 Å². The molecule has 1 aromatic heterocycles. The van der Waals surface area contributed by atoms with Crippen LogP contribution in [0.15, 0.2) is 17.5 Å². The van der Waals surface area contributed by atoms with Gasteiger partial charge in [0, 0.05) is 29.5 Å². The van der Waals surface area contributed by atoms with E-state index in [0.717, 1.165) is 18.1 Å². The van der Waals surface area contributed by atoms with Crippen LogP contribution in [0.5, 0.6) is 0 Å². The molecule has 2 unspecified atom stereocenters. The highest BCUT2D eigenvalue weighted by Gasteiger charge is 2.22. The molecule has 1 amide bonds. The minimum Gasteiger partial charge on any atom is -0.353 e. The molecule has 2 atom stereocenters. The van der Waals surface area contributed by atoms with Crippen molar-refractivity contribution in [2.24, 2.45) is 0 Å². The third-order valence-electron chi connectivity index (χ3n) is 3.20. The Morgan fingerprint density at radius 3 is 3.05 bits per heavy atom. The Morgan fingerprint density at radius 2 is 2.47 bits per heavy atom. The van der Waals surface area contributed by atoms with Gasteiger partial charge in [0.15, 0.2) is 0 Å². The van der Waals surface area contributed by atoms with Gasteiger partial charge < -0.3 is 15.5 Å². The number of carbonyl (C=O) groups is 1. The van der Waals surface area contributed by atoms with E-state index in [2.05, 4.69) is 33.0 Å². The van der Waals surface area contributed by atoms with Gasteiger partial charge in [0.1, 0.15) is 0 Å². The van der Waals surface area contributed by atoms with E-state index in [1.165, 1.54) is 4.88 Å². The predicted molar refractivity (Wildman–Crippen MR) is 82.9 cm³/mol. The summed E-state index contributed by atoms with van der Waals surface area (Å²) in [4.78, 5) is 15.5. The van der Waals surface area contributed by atoms with E-state index in [-0.39, 0.29) is 18.0 Å². The average Bonchev–Trinajstić information content (AvgIpc) is 2.93. The molecule has 0 bridgehead atoms. The summed E-state index contributed by atoms with van der Waals surface area (Å²) in [6.45, 7) is 1.58. The van der Waals surface area contributed by atoms with Crippen molar-refractivity contribution in [2.45, 2.75) is 12.1 Å². The van der Waals surface area contributed by atoms with Crippen LogP contribution in [0, 0.1) is 0 Å². The molecule has 1 fully saturated rings. The maximum atomic E-state index is 12.1. The lowest BCUT2D eigenvalue weighted by molar-refractivity contribution is -0.122. The van der Waals surface area contributed by atoms with Gasteiger partial charge in [0.05, 0.1) is 12.1 Å². The van der Waals surface area contributed by atoms with Crippen molar-refractivity contribution in [3.05, 3.63) is 22.4 Å². The summed E-state index contributed by atoms with van der Waals surface area (Å²) in [5.74, 6) is 2.09. The summed E-state index contributed by atoms with van der Waals surface area (Å²) in [5, 5.41) is 8.41. The highest BCUT2D eigenvalue weighted by molar-refractivity contribution is 7.99. The van der Waals surface area contributed by atoms with Crippen LogP contribution in [0.4, 0.5) is 0 Å². The first-order valence-electron chi connectivity index (χ1n) is 6.47. The van der Waals surface area contributed by atoms with E-state index < -0.39 is 0 Å². The number of hydrogen-bond donors (Lipinski definition) is 2. The molecule has 1 aliphatic heterocycles. The Bertz CT molecular complexity index is 389. The monoisotopic (exact) mass is 299 g/mol. The van der Waals surface area contributed by atoms with Gasteiger partial charge in [-0.3, -0.25) is 4.79 Å². The summed E-state index contributed by atoms with van der Waals surface area (Å²) in [6.07, 6.45) is 0. The molecule has 0 saturated carbocycles. The van der Waals surface area contributed by atoms with Gasteiger partial charge in [-0.1, -0.05) is 6.07 Å². The minimum absolute atomic E-state index is 0.0371. The molecule has 0 aliphatic carbocycles. The van der Waals surface area contributed by atoms with Crippen molar-refractivity contribution < 1.29 is 4.79 Å². The fraction of sp³-hybridized carbons (Fsp3) is 0.615. The number of rotatable bonds is 5. The van der Waals surface area contributed by atoms with E-state index in [1.807, 2.05) is 25.9 Å². The molecule has 0 spiro atoms. The zero-order valence-electron chi connectivity index (χ0n) is 11.4. The number of thiophene rings is 1. The lowest BCUT2D eigenvalue weighted by Crippen LogP contribution is -2.50. The Labute approximate surface area is 122 Å². The normalized spacial score (nSPS) is 21.3. The third kappa shape index (κ3) is 4.21. The van der Waals surface area contributed by atoms with Crippen molar-refractivity contribution in [2.75, 3.05) is 38.7 Å². The highest BCUT2D eigenvalue weighted by Crippen LogP contribution is 2.22. The Morgan fingerprint density at radius 1 is 1.63 bits per heavy atom. The van der Waals surface area contributed by atoms with E-state index in [4.69, 9.17) is 0 Å². The van der Waals surface area contributed by atoms with Crippen LogP contribution >= 0.6 is 23.1 Å². The molecule has 0 aromatic carbocycles. The van der Waals surface area contributed by atoms with Crippen LogP contribution in [-0.2, 0) is 4.79 Å². The van der Waals surface area contributed by atoms with E-state index in [9.17, 15) is 4.79 Å². The molecule has 2 heterocycles. The quantitative estimate of drug-likeness (QED) is 0.857. The molecule has 2 rings (SSSR count). The summed E-state index contributed by atoms with van der Waals surface area (Å²) >= 11 is 3.57. The standard InChI is InChI=1S/C13H21N3OS2/c1-16(2)11(12-4-3-6-19-12)8-15-13(17)10-9-18-7-5-14-10/h3-4,6,10-11,14H,5,7-9H2,1-2H3,(H,15,17). The summed E-state index contributed by atoms with van der Waals surface area (Å²) in [5.41, 5.74) is 0. The molecule has 0 radical (unpaired) electrons. The Balaban J connectivity index is 1.86.